The van der Waals surface area contributed by atoms with E-state index in [0.717, 1.165) is 5.56 Å². The number of hydrogen-bond acceptors (Lipinski definition) is 4. The van der Waals surface area contributed by atoms with E-state index in [1.807, 2.05) is 13.8 Å². The van der Waals surface area contributed by atoms with Crippen molar-refractivity contribution in [1.82, 2.24) is 0 Å². The molecule has 1 unspecified atom stereocenters. The van der Waals surface area contributed by atoms with Gasteiger partial charge < -0.3 is 20.3 Å². The summed E-state index contributed by atoms with van der Waals surface area (Å²) >= 11 is 0. The molecule has 100 valence electrons. The first-order chi connectivity index (χ1) is 8.42. The van der Waals surface area contributed by atoms with Crippen molar-refractivity contribution in [1.29, 1.82) is 0 Å². The van der Waals surface area contributed by atoms with Crippen LogP contribution in [-0.2, 0) is 4.79 Å². The maximum atomic E-state index is 11.0. The van der Waals surface area contributed by atoms with Gasteiger partial charge in [-0.2, -0.15) is 0 Å². The highest BCUT2D eigenvalue weighted by atomic mass is 16.5. The number of nitrogens with two attached hydrogens (primary N) is 1. The van der Waals surface area contributed by atoms with E-state index in [0.29, 0.717) is 17.1 Å². The smallest absolute Gasteiger partial charge is 0.325 e. The lowest BCUT2D eigenvalue weighted by Gasteiger charge is -2.18. The molecule has 5 nitrogen and oxygen atoms in total. The summed E-state index contributed by atoms with van der Waals surface area (Å²) in [5.41, 5.74) is 6.99. The van der Waals surface area contributed by atoms with Gasteiger partial charge in [-0.05, 0) is 18.1 Å². The zero-order valence-electron chi connectivity index (χ0n) is 11.1. The van der Waals surface area contributed by atoms with E-state index in [2.05, 4.69) is 0 Å². The number of carboxylic acids is 1. The zero-order valence-corrected chi connectivity index (χ0v) is 11.1. The molecule has 0 bridgehead atoms. The van der Waals surface area contributed by atoms with Gasteiger partial charge in [-0.15, -0.1) is 0 Å². The van der Waals surface area contributed by atoms with Crippen LogP contribution in [0.25, 0.3) is 0 Å². The Bertz CT molecular complexity index is 443. The molecule has 1 rings (SSSR count). The van der Waals surface area contributed by atoms with E-state index in [4.69, 9.17) is 20.3 Å². The van der Waals surface area contributed by atoms with Crippen molar-refractivity contribution in [3.63, 3.8) is 0 Å². The van der Waals surface area contributed by atoms with Crippen LogP contribution in [0.15, 0.2) is 12.1 Å². The largest absolute Gasteiger partial charge is 0.496 e. The standard InChI is InChI=1S/C13H19NO4/c1-7(2)8-5-11(18-4)9(6-10(8)17-3)12(14)13(15)16/h5-7,12H,14H2,1-4H3,(H,15,16). The fourth-order valence-electron chi connectivity index (χ4n) is 1.77. The second kappa shape index (κ2) is 5.73. The third-order valence-corrected chi connectivity index (χ3v) is 2.81. The molecule has 1 atom stereocenters. The Hall–Kier alpha value is -1.75. The number of aliphatic carboxylic acids is 1. The molecular formula is C13H19NO4. The number of rotatable bonds is 5. The Balaban J connectivity index is 3.39. The first-order valence-corrected chi connectivity index (χ1v) is 5.66. The van der Waals surface area contributed by atoms with Gasteiger partial charge in [0, 0.05) is 11.1 Å². The quantitative estimate of drug-likeness (QED) is 0.837. The average molecular weight is 253 g/mol. The molecule has 5 heteroatoms. The molecule has 1 aromatic carbocycles. The molecule has 0 aromatic heterocycles. The van der Waals surface area contributed by atoms with E-state index in [1.165, 1.54) is 7.11 Å². The SMILES string of the molecule is COc1cc(C(N)C(=O)O)c(OC)cc1C(C)C. The lowest BCUT2D eigenvalue weighted by molar-refractivity contribution is -0.138. The lowest BCUT2D eigenvalue weighted by Crippen LogP contribution is -2.21. The summed E-state index contributed by atoms with van der Waals surface area (Å²) in [6, 6.07) is 2.28. The number of hydrogen-bond donors (Lipinski definition) is 2. The minimum absolute atomic E-state index is 0.240. The topological polar surface area (TPSA) is 81.8 Å². The van der Waals surface area contributed by atoms with Crippen molar-refractivity contribution in [3.8, 4) is 11.5 Å². The molecule has 1 aromatic rings. The molecule has 0 heterocycles. The molecule has 0 fully saturated rings. The number of methoxy groups -OCH3 is 2. The van der Waals surface area contributed by atoms with E-state index in [9.17, 15) is 4.79 Å². The van der Waals surface area contributed by atoms with Crippen molar-refractivity contribution in [2.24, 2.45) is 5.73 Å². The summed E-state index contributed by atoms with van der Waals surface area (Å²) in [6.07, 6.45) is 0. The Morgan fingerprint density at radius 3 is 2.00 bits per heavy atom. The van der Waals surface area contributed by atoms with Crippen molar-refractivity contribution < 1.29 is 19.4 Å². The van der Waals surface area contributed by atoms with Crippen LogP contribution in [0, 0.1) is 0 Å². The second-order valence-corrected chi connectivity index (χ2v) is 4.31. The van der Waals surface area contributed by atoms with Crippen LogP contribution in [0.4, 0.5) is 0 Å². The van der Waals surface area contributed by atoms with Crippen LogP contribution in [0.3, 0.4) is 0 Å². The highest BCUT2D eigenvalue weighted by Crippen LogP contribution is 2.35. The molecule has 0 aliphatic rings. The third-order valence-electron chi connectivity index (χ3n) is 2.81. The fraction of sp³-hybridized carbons (Fsp3) is 0.462. The zero-order chi connectivity index (χ0) is 13.9. The predicted octanol–water partition coefficient (Wildman–Crippen LogP) is 1.91. The number of benzene rings is 1. The summed E-state index contributed by atoms with van der Waals surface area (Å²) in [4.78, 5) is 11.0. The summed E-state index contributed by atoms with van der Waals surface area (Å²) in [7, 11) is 3.04. The third kappa shape index (κ3) is 2.73. The monoisotopic (exact) mass is 253 g/mol. The summed E-state index contributed by atoms with van der Waals surface area (Å²) < 4.78 is 10.5. The molecule has 0 spiro atoms. The van der Waals surface area contributed by atoms with Gasteiger partial charge in [0.1, 0.15) is 17.5 Å². The Morgan fingerprint density at radius 2 is 1.61 bits per heavy atom. The van der Waals surface area contributed by atoms with Gasteiger partial charge in [-0.25, -0.2) is 0 Å². The van der Waals surface area contributed by atoms with Crippen LogP contribution >= 0.6 is 0 Å². The van der Waals surface area contributed by atoms with Gasteiger partial charge in [0.2, 0.25) is 0 Å². The Kier molecular flexibility index (Phi) is 4.55. The fourth-order valence-corrected chi connectivity index (χ4v) is 1.77. The molecule has 0 aliphatic carbocycles. The van der Waals surface area contributed by atoms with E-state index in [1.54, 1.807) is 19.2 Å². The van der Waals surface area contributed by atoms with Gasteiger partial charge in [-0.3, -0.25) is 4.79 Å². The minimum Gasteiger partial charge on any atom is -0.496 e. The van der Waals surface area contributed by atoms with Crippen molar-refractivity contribution in [3.05, 3.63) is 23.3 Å². The summed E-state index contributed by atoms with van der Waals surface area (Å²) in [5.74, 6) is 0.225. The van der Waals surface area contributed by atoms with Gasteiger partial charge in [0.15, 0.2) is 0 Å². The number of carboxylic acid groups (broad SMARTS) is 1. The maximum Gasteiger partial charge on any atom is 0.325 e. The Morgan fingerprint density at radius 1 is 1.17 bits per heavy atom. The van der Waals surface area contributed by atoms with Gasteiger partial charge in [-0.1, -0.05) is 13.8 Å². The highest BCUT2D eigenvalue weighted by Gasteiger charge is 2.22. The van der Waals surface area contributed by atoms with Crippen molar-refractivity contribution in [2.75, 3.05) is 14.2 Å². The van der Waals surface area contributed by atoms with Crippen LogP contribution in [0.2, 0.25) is 0 Å². The molecule has 0 saturated heterocycles. The van der Waals surface area contributed by atoms with Gasteiger partial charge >= 0.3 is 5.97 Å². The molecule has 3 N–H and O–H groups in total. The normalized spacial score (nSPS) is 12.3. The Labute approximate surface area is 107 Å². The molecule has 0 saturated carbocycles. The highest BCUT2D eigenvalue weighted by molar-refractivity contribution is 5.77. The molecule has 0 radical (unpaired) electrons. The predicted molar refractivity (Wildman–Crippen MR) is 68.2 cm³/mol. The van der Waals surface area contributed by atoms with Crippen LogP contribution in [0.1, 0.15) is 36.9 Å². The summed E-state index contributed by atoms with van der Waals surface area (Å²) in [6.45, 7) is 4.04. The van der Waals surface area contributed by atoms with Crippen molar-refractivity contribution in [2.45, 2.75) is 25.8 Å². The molecule has 0 amide bonds. The van der Waals surface area contributed by atoms with Gasteiger partial charge in [0.05, 0.1) is 14.2 Å². The first-order valence-electron chi connectivity index (χ1n) is 5.66. The molecular weight excluding hydrogens is 234 g/mol. The van der Waals surface area contributed by atoms with Crippen LogP contribution in [0.5, 0.6) is 11.5 Å². The second-order valence-electron chi connectivity index (χ2n) is 4.31. The van der Waals surface area contributed by atoms with E-state index < -0.39 is 12.0 Å². The van der Waals surface area contributed by atoms with Crippen LogP contribution < -0.4 is 15.2 Å². The van der Waals surface area contributed by atoms with Crippen molar-refractivity contribution >= 4 is 5.97 Å². The van der Waals surface area contributed by atoms with E-state index >= 15 is 0 Å². The number of ether oxygens (including phenoxy) is 2. The van der Waals surface area contributed by atoms with Crippen LogP contribution in [-0.4, -0.2) is 25.3 Å². The number of carbonyl (C=O) groups is 1. The molecule has 18 heavy (non-hydrogen) atoms. The molecule has 0 aliphatic heterocycles. The lowest BCUT2D eigenvalue weighted by atomic mass is 9.97. The average Bonchev–Trinajstić information content (AvgIpc) is 2.35. The minimum atomic E-state index is -1.13. The van der Waals surface area contributed by atoms with E-state index in [-0.39, 0.29) is 5.92 Å². The maximum absolute atomic E-state index is 11.0. The summed E-state index contributed by atoms with van der Waals surface area (Å²) in [5, 5.41) is 8.98. The first kappa shape index (κ1) is 14.3. The van der Waals surface area contributed by atoms with Gasteiger partial charge in [0.25, 0.3) is 0 Å².